The molecule has 9 heteroatoms. The number of rotatable bonds is 12. The zero-order valence-corrected chi connectivity index (χ0v) is 23.5. The molecule has 1 aliphatic rings. The second-order valence-corrected chi connectivity index (χ2v) is 10.4. The summed E-state index contributed by atoms with van der Waals surface area (Å²) in [7, 11) is 0. The number of halogens is 1. The van der Waals surface area contributed by atoms with Crippen LogP contribution in [0.15, 0.2) is 35.1 Å². The van der Waals surface area contributed by atoms with Crippen LogP contribution in [0.4, 0.5) is 0 Å². The fraction of sp³-hybridized carbons (Fsp3) is 0.536. The smallest absolute Gasteiger partial charge is 0.305 e. The van der Waals surface area contributed by atoms with Gasteiger partial charge in [-0.05, 0) is 72.3 Å². The molecule has 0 aromatic carbocycles. The molecule has 4 rings (SSSR count). The molecule has 37 heavy (non-hydrogen) atoms. The first-order valence-electron chi connectivity index (χ1n) is 13.4. The number of piperazine rings is 1. The minimum absolute atomic E-state index is 0.132. The number of hydrogen-bond donors (Lipinski definition) is 1. The molecule has 0 radical (unpaired) electrons. The van der Waals surface area contributed by atoms with Crippen molar-refractivity contribution in [2.45, 2.75) is 52.5 Å². The Balaban J connectivity index is 1.70. The maximum atomic E-state index is 11.9. The molecule has 0 amide bonds. The maximum absolute atomic E-state index is 11.9. The molecule has 8 nitrogen and oxygen atoms in total. The summed E-state index contributed by atoms with van der Waals surface area (Å²) >= 11 is 3.61. The number of aromatic nitrogens is 3. The Morgan fingerprint density at radius 2 is 1.89 bits per heavy atom. The van der Waals surface area contributed by atoms with Crippen molar-refractivity contribution in [2.75, 3.05) is 45.9 Å². The van der Waals surface area contributed by atoms with Gasteiger partial charge in [0, 0.05) is 79.4 Å². The Morgan fingerprint density at radius 3 is 2.59 bits per heavy atom. The molecule has 0 unspecified atom stereocenters. The van der Waals surface area contributed by atoms with E-state index in [0.29, 0.717) is 13.0 Å². The lowest BCUT2D eigenvalue weighted by molar-refractivity contribution is -0.143. The third-order valence-electron chi connectivity index (χ3n) is 7.03. The molecule has 1 fully saturated rings. The van der Waals surface area contributed by atoms with Gasteiger partial charge in [0.1, 0.15) is 0 Å². The lowest BCUT2D eigenvalue weighted by Gasteiger charge is -2.34. The third kappa shape index (κ3) is 6.96. The fourth-order valence-electron chi connectivity index (χ4n) is 5.12. The quantitative estimate of drug-likeness (QED) is 0.259. The molecule has 0 aliphatic carbocycles. The normalized spacial score (nSPS) is 14.9. The van der Waals surface area contributed by atoms with Crippen LogP contribution in [0.25, 0.3) is 16.6 Å². The number of unbranched alkanes of at least 4 members (excludes halogenated alkanes) is 1. The van der Waals surface area contributed by atoms with Crippen LogP contribution in [0.1, 0.15) is 50.1 Å². The highest BCUT2D eigenvalue weighted by atomic mass is 79.9. The first kappa shape index (κ1) is 27.7. The largest absolute Gasteiger partial charge is 0.466 e. The molecule has 0 saturated carbocycles. The number of aryl methyl sites for hydroxylation is 1. The lowest BCUT2D eigenvalue weighted by atomic mass is 9.95. The van der Waals surface area contributed by atoms with Gasteiger partial charge in [-0.2, -0.15) is 5.10 Å². The molecule has 200 valence electrons. The highest BCUT2D eigenvalue weighted by Gasteiger charge is 2.23. The highest BCUT2D eigenvalue weighted by molar-refractivity contribution is 9.10. The van der Waals surface area contributed by atoms with Gasteiger partial charge in [0.15, 0.2) is 0 Å². The number of ether oxygens (including phenoxy) is 1. The molecular formula is C28H38BrN5O3. The number of aliphatic hydroxyl groups excluding tert-OH is 1. The van der Waals surface area contributed by atoms with Gasteiger partial charge in [-0.1, -0.05) is 6.92 Å². The highest BCUT2D eigenvalue weighted by Crippen LogP contribution is 2.34. The van der Waals surface area contributed by atoms with Crippen LogP contribution >= 0.6 is 15.9 Å². The van der Waals surface area contributed by atoms with Crippen molar-refractivity contribution >= 4 is 27.4 Å². The fourth-order valence-corrected chi connectivity index (χ4v) is 5.49. The van der Waals surface area contributed by atoms with E-state index in [4.69, 9.17) is 9.84 Å². The summed E-state index contributed by atoms with van der Waals surface area (Å²) in [5, 5.41) is 14.5. The van der Waals surface area contributed by atoms with Crippen molar-refractivity contribution in [2.24, 2.45) is 0 Å². The topological polar surface area (TPSA) is 83.2 Å². The summed E-state index contributed by atoms with van der Waals surface area (Å²) in [6.07, 6.45) is 7.56. The Morgan fingerprint density at radius 1 is 1.11 bits per heavy atom. The number of nitrogens with zero attached hydrogens (tertiary/aromatic N) is 5. The van der Waals surface area contributed by atoms with E-state index in [1.807, 2.05) is 19.3 Å². The van der Waals surface area contributed by atoms with Crippen LogP contribution in [0.5, 0.6) is 0 Å². The van der Waals surface area contributed by atoms with Gasteiger partial charge in [-0.25, -0.2) is 4.52 Å². The molecule has 1 saturated heterocycles. The van der Waals surface area contributed by atoms with E-state index in [9.17, 15) is 9.90 Å². The van der Waals surface area contributed by atoms with Gasteiger partial charge in [0.25, 0.3) is 0 Å². The number of aliphatic hydroxyl groups is 1. The van der Waals surface area contributed by atoms with Gasteiger partial charge in [-0.15, -0.1) is 0 Å². The minimum atomic E-state index is -0.132. The average Bonchev–Trinajstić information content (AvgIpc) is 3.30. The first-order valence-corrected chi connectivity index (χ1v) is 14.2. The number of pyridine rings is 1. The Bertz CT molecular complexity index is 1190. The predicted octanol–water partition coefficient (Wildman–Crippen LogP) is 4.11. The third-order valence-corrected chi connectivity index (χ3v) is 7.47. The molecule has 0 atom stereocenters. The van der Waals surface area contributed by atoms with E-state index >= 15 is 0 Å². The predicted molar refractivity (Wildman–Crippen MR) is 148 cm³/mol. The van der Waals surface area contributed by atoms with Crippen molar-refractivity contribution in [3.8, 4) is 11.1 Å². The van der Waals surface area contributed by atoms with Gasteiger partial charge in [0.05, 0.1) is 24.4 Å². The van der Waals surface area contributed by atoms with Gasteiger partial charge < -0.3 is 9.84 Å². The van der Waals surface area contributed by atoms with E-state index in [2.05, 4.69) is 60.4 Å². The summed E-state index contributed by atoms with van der Waals surface area (Å²) < 4.78 is 8.18. The summed E-state index contributed by atoms with van der Waals surface area (Å²) in [6, 6.07) is 6.46. The number of hydrogen-bond acceptors (Lipinski definition) is 7. The molecule has 1 aliphatic heterocycles. The second kappa shape index (κ2) is 13.5. The lowest BCUT2D eigenvalue weighted by Crippen LogP contribution is -2.46. The van der Waals surface area contributed by atoms with E-state index < -0.39 is 0 Å². The summed E-state index contributed by atoms with van der Waals surface area (Å²) in [5.74, 6) is -0.132. The number of β-amino-alcohol motifs (C(OH)–C–C–N with tert-alkyl or cyclic N) is 1. The van der Waals surface area contributed by atoms with Crippen LogP contribution < -0.4 is 0 Å². The molecule has 3 aromatic rings. The van der Waals surface area contributed by atoms with Crippen LogP contribution in [0, 0.1) is 0 Å². The Hall–Kier alpha value is -2.33. The zero-order chi connectivity index (χ0) is 26.2. The van der Waals surface area contributed by atoms with Gasteiger partial charge in [0.2, 0.25) is 0 Å². The van der Waals surface area contributed by atoms with Gasteiger partial charge in [-0.3, -0.25) is 19.6 Å². The monoisotopic (exact) mass is 571 g/mol. The SMILES string of the molecule is CCOC(=O)CCCCc1c(CN2CCN(CCO)CC2)nn2c(CC)ccc2c1-c1cncc(Br)c1. The van der Waals surface area contributed by atoms with Crippen molar-refractivity contribution in [3.63, 3.8) is 0 Å². The maximum Gasteiger partial charge on any atom is 0.305 e. The number of fused-ring (bicyclic) bond motifs is 1. The number of carbonyl (C=O) groups is 1. The van der Waals surface area contributed by atoms with E-state index in [-0.39, 0.29) is 12.6 Å². The van der Waals surface area contributed by atoms with E-state index in [1.54, 1.807) is 0 Å². The summed E-state index contributed by atoms with van der Waals surface area (Å²) in [6.45, 7) is 9.91. The molecule has 1 N–H and O–H groups in total. The van der Waals surface area contributed by atoms with Crippen molar-refractivity contribution in [1.82, 2.24) is 24.4 Å². The molecular weight excluding hydrogens is 534 g/mol. The minimum Gasteiger partial charge on any atom is -0.466 e. The van der Waals surface area contributed by atoms with Gasteiger partial charge >= 0.3 is 5.97 Å². The number of carbonyl (C=O) groups excluding carboxylic acids is 1. The average molecular weight is 573 g/mol. The zero-order valence-electron chi connectivity index (χ0n) is 22.0. The van der Waals surface area contributed by atoms with Crippen LogP contribution in [0.3, 0.4) is 0 Å². The molecule has 4 heterocycles. The van der Waals surface area contributed by atoms with Crippen molar-refractivity contribution in [3.05, 3.63) is 52.0 Å². The number of esters is 1. The Labute approximate surface area is 227 Å². The van der Waals surface area contributed by atoms with Crippen LogP contribution in [-0.2, 0) is 28.9 Å². The van der Waals surface area contributed by atoms with Crippen LogP contribution in [-0.4, -0.2) is 81.4 Å². The van der Waals surface area contributed by atoms with E-state index in [0.717, 1.165) is 86.2 Å². The molecule has 0 spiro atoms. The first-order chi connectivity index (χ1) is 18.0. The van der Waals surface area contributed by atoms with Crippen molar-refractivity contribution < 1.29 is 14.6 Å². The summed E-state index contributed by atoms with van der Waals surface area (Å²) in [5.41, 5.74) is 6.83. The molecule has 0 bridgehead atoms. The van der Waals surface area contributed by atoms with Crippen LogP contribution in [0.2, 0.25) is 0 Å². The van der Waals surface area contributed by atoms with Crippen molar-refractivity contribution in [1.29, 1.82) is 0 Å². The summed E-state index contributed by atoms with van der Waals surface area (Å²) in [4.78, 5) is 21.2. The second-order valence-electron chi connectivity index (χ2n) is 9.52. The standard InChI is InChI=1S/C28H38BrN5O3/c1-3-23-9-10-26-28(21-17-22(29)19-30-18-21)24(7-5-6-8-27(36)37-4-2)25(31-34(23)26)20-33-13-11-32(12-14-33)15-16-35/h9-10,17-19,35H,3-8,11-16,20H2,1-2H3. The molecule has 3 aromatic heterocycles. The Kier molecular flexibility index (Phi) is 10.1. The van der Waals surface area contributed by atoms with E-state index in [1.165, 1.54) is 16.8 Å².